The molecular formula is C10H22N2O. The van der Waals surface area contributed by atoms with E-state index in [1.54, 1.807) is 0 Å². The van der Waals surface area contributed by atoms with Crippen molar-refractivity contribution in [3.63, 3.8) is 0 Å². The highest BCUT2D eigenvalue weighted by Crippen LogP contribution is 2.09. The Bertz CT molecular complexity index is 137. The third-order valence-electron chi connectivity index (χ3n) is 2.49. The number of aliphatic hydroxyl groups is 1. The SMILES string of the molecule is CC(C)NC1CCCN(CCO)C1. The van der Waals surface area contributed by atoms with E-state index >= 15 is 0 Å². The first kappa shape index (κ1) is 11.0. The zero-order chi connectivity index (χ0) is 9.68. The van der Waals surface area contributed by atoms with Gasteiger partial charge in [-0.25, -0.2) is 0 Å². The number of hydrogen-bond donors (Lipinski definition) is 2. The summed E-state index contributed by atoms with van der Waals surface area (Å²) >= 11 is 0. The van der Waals surface area contributed by atoms with E-state index in [4.69, 9.17) is 5.11 Å². The molecule has 0 aromatic heterocycles. The zero-order valence-electron chi connectivity index (χ0n) is 8.79. The number of β-amino-alcohol motifs (C(OH)–C–C–N with tert-alkyl or cyclic N) is 1. The summed E-state index contributed by atoms with van der Waals surface area (Å²) in [5, 5.41) is 12.4. The van der Waals surface area contributed by atoms with Crippen molar-refractivity contribution < 1.29 is 5.11 Å². The van der Waals surface area contributed by atoms with Crippen molar-refractivity contribution in [2.45, 2.75) is 38.8 Å². The summed E-state index contributed by atoms with van der Waals surface area (Å²) < 4.78 is 0. The van der Waals surface area contributed by atoms with E-state index in [0.717, 1.165) is 19.6 Å². The quantitative estimate of drug-likeness (QED) is 0.669. The number of hydrogen-bond acceptors (Lipinski definition) is 3. The van der Waals surface area contributed by atoms with Crippen LogP contribution in [0.3, 0.4) is 0 Å². The summed E-state index contributed by atoms with van der Waals surface area (Å²) in [6.45, 7) is 7.73. The van der Waals surface area contributed by atoms with Gasteiger partial charge in [-0.1, -0.05) is 13.8 Å². The molecule has 2 N–H and O–H groups in total. The second kappa shape index (κ2) is 5.58. The third kappa shape index (κ3) is 4.07. The molecule has 3 nitrogen and oxygen atoms in total. The van der Waals surface area contributed by atoms with Gasteiger partial charge in [0, 0.05) is 25.2 Å². The summed E-state index contributed by atoms with van der Waals surface area (Å²) in [4.78, 5) is 2.34. The second-order valence-electron chi connectivity index (χ2n) is 4.18. The maximum Gasteiger partial charge on any atom is 0.0558 e. The van der Waals surface area contributed by atoms with E-state index in [2.05, 4.69) is 24.1 Å². The molecule has 1 saturated heterocycles. The molecule has 1 fully saturated rings. The van der Waals surface area contributed by atoms with Crippen LogP contribution < -0.4 is 5.32 Å². The molecule has 3 heteroatoms. The zero-order valence-corrected chi connectivity index (χ0v) is 8.79. The molecule has 1 rings (SSSR count). The summed E-state index contributed by atoms with van der Waals surface area (Å²) in [5.41, 5.74) is 0. The van der Waals surface area contributed by atoms with Gasteiger partial charge in [0.25, 0.3) is 0 Å². The van der Waals surface area contributed by atoms with Gasteiger partial charge in [-0.2, -0.15) is 0 Å². The molecule has 1 aliphatic heterocycles. The molecule has 13 heavy (non-hydrogen) atoms. The normalized spacial score (nSPS) is 25.4. The van der Waals surface area contributed by atoms with Crippen LogP contribution in [0.25, 0.3) is 0 Å². The first-order valence-electron chi connectivity index (χ1n) is 5.31. The van der Waals surface area contributed by atoms with E-state index in [1.165, 1.54) is 12.8 Å². The van der Waals surface area contributed by atoms with Crippen molar-refractivity contribution in [3.05, 3.63) is 0 Å². The number of piperidine rings is 1. The molecule has 0 aromatic carbocycles. The minimum Gasteiger partial charge on any atom is -0.395 e. The van der Waals surface area contributed by atoms with Crippen LogP contribution >= 0.6 is 0 Å². The molecule has 0 spiro atoms. The molecule has 1 aliphatic rings. The molecule has 0 amide bonds. The number of nitrogens with zero attached hydrogens (tertiary/aromatic N) is 1. The summed E-state index contributed by atoms with van der Waals surface area (Å²) in [7, 11) is 0. The number of rotatable bonds is 4. The Balaban J connectivity index is 2.24. The van der Waals surface area contributed by atoms with Crippen LogP contribution in [-0.2, 0) is 0 Å². The highest BCUT2D eigenvalue weighted by Gasteiger charge is 2.19. The van der Waals surface area contributed by atoms with E-state index in [0.29, 0.717) is 12.1 Å². The average molecular weight is 186 g/mol. The smallest absolute Gasteiger partial charge is 0.0558 e. The van der Waals surface area contributed by atoms with Crippen LogP contribution in [0.15, 0.2) is 0 Å². The Morgan fingerprint density at radius 3 is 2.92 bits per heavy atom. The fraction of sp³-hybridized carbons (Fsp3) is 1.00. The van der Waals surface area contributed by atoms with Crippen LogP contribution in [0.5, 0.6) is 0 Å². The van der Waals surface area contributed by atoms with E-state index in [1.807, 2.05) is 0 Å². The Morgan fingerprint density at radius 1 is 1.54 bits per heavy atom. The van der Waals surface area contributed by atoms with Gasteiger partial charge in [-0.3, -0.25) is 4.90 Å². The van der Waals surface area contributed by atoms with Crippen LogP contribution in [0.1, 0.15) is 26.7 Å². The van der Waals surface area contributed by atoms with Gasteiger partial charge in [0.15, 0.2) is 0 Å². The molecule has 0 aliphatic carbocycles. The molecule has 0 saturated carbocycles. The molecule has 0 bridgehead atoms. The number of likely N-dealkylation sites (tertiary alicyclic amines) is 1. The predicted molar refractivity (Wildman–Crippen MR) is 54.8 cm³/mol. The monoisotopic (exact) mass is 186 g/mol. The maximum absolute atomic E-state index is 8.82. The van der Waals surface area contributed by atoms with Gasteiger partial charge in [0.1, 0.15) is 0 Å². The topological polar surface area (TPSA) is 35.5 Å². The van der Waals surface area contributed by atoms with Crippen molar-refractivity contribution >= 4 is 0 Å². The molecule has 78 valence electrons. The van der Waals surface area contributed by atoms with E-state index in [-0.39, 0.29) is 6.61 Å². The first-order chi connectivity index (χ1) is 6.22. The Labute approximate surface area is 81.1 Å². The average Bonchev–Trinajstić information content (AvgIpc) is 2.04. The Hall–Kier alpha value is -0.120. The second-order valence-corrected chi connectivity index (χ2v) is 4.18. The summed E-state index contributed by atoms with van der Waals surface area (Å²) in [6, 6.07) is 1.19. The van der Waals surface area contributed by atoms with Crippen molar-refractivity contribution in [2.24, 2.45) is 0 Å². The first-order valence-corrected chi connectivity index (χ1v) is 5.31. The lowest BCUT2D eigenvalue weighted by atomic mass is 10.1. The lowest BCUT2D eigenvalue weighted by Crippen LogP contribution is -2.48. The molecule has 1 unspecified atom stereocenters. The fourth-order valence-electron chi connectivity index (χ4n) is 2.01. The molecule has 0 aromatic rings. The summed E-state index contributed by atoms with van der Waals surface area (Å²) in [5.74, 6) is 0. The van der Waals surface area contributed by atoms with Crippen LogP contribution in [0.2, 0.25) is 0 Å². The van der Waals surface area contributed by atoms with Crippen LogP contribution in [-0.4, -0.2) is 48.3 Å². The van der Waals surface area contributed by atoms with Crippen molar-refractivity contribution in [1.29, 1.82) is 0 Å². The lowest BCUT2D eigenvalue weighted by Gasteiger charge is -2.33. The maximum atomic E-state index is 8.82. The lowest BCUT2D eigenvalue weighted by molar-refractivity contribution is 0.149. The van der Waals surface area contributed by atoms with Crippen molar-refractivity contribution in [1.82, 2.24) is 10.2 Å². The van der Waals surface area contributed by atoms with Gasteiger partial charge < -0.3 is 10.4 Å². The van der Waals surface area contributed by atoms with E-state index in [9.17, 15) is 0 Å². The van der Waals surface area contributed by atoms with Gasteiger partial charge in [-0.15, -0.1) is 0 Å². The summed E-state index contributed by atoms with van der Waals surface area (Å²) in [6.07, 6.45) is 2.53. The van der Waals surface area contributed by atoms with Gasteiger partial charge in [0.2, 0.25) is 0 Å². The van der Waals surface area contributed by atoms with Crippen molar-refractivity contribution in [2.75, 3.05) is 26.2 Å². The minimum atomic E-state index is 0.286. The molecule has 1 heterocycles. The fourth-order valence-corrected chi connectivity index (χ4v) is 2.01. The third-order valence-corrected chi connectivity index (χ3v) is 2.49. The highest BCUT2D eigenvalue weighted by atomic mass is 16.3. The van der Waals surface area contributed by atoms with Crippen molar-refractivity contribution in [3.8, 4) is 0 Å². The molecule has 0 radical (unpaired) electrons. The Morgan fingerprint density at radius 2 is 2.31 bits per heavy atom. The predicted octanol–water partition coefficient (Wildman–Crippen LogP) is 0.441. The van der Waals surface area contributed by atoms with Gasteiger partial charge >= 0.3 is 0 Å². The van der Waals surface area contributed by atoms with Crippen LogP contribution in [0.4, 0.5) is 0 Å². The standard InChI is InChI=1S/C10H22N2O/c1-9(2)11-10-4-3-5-12(8-10)6-7-13/h9-11,13H,3-8H2,1-2H3. The number of aliphatic hydroxyl groups excluding tert-OH is 1. The highest BCUT2D eigenvalue weighted by molar-refractivity contribution is 4.78. The number of nitrogens with one attached hydrogen (secondary N) is 1. The van der Waals surface area contributed by atoms with Crippen LogP contribution in [0, 0.1) is 0 Å². The van der Waals surface area contributed by atoms with Gasteiger partial charge in [-0.05, 0) is 19.4 Å². The molecule has 1 atom stereocenters. The minimum absolute atomic E-state index is 0.286. The molecular weight excluding hydrogens is 164 g/mol. The Kier molecular flexibility index (Phi) is 4.70. The van der Waals surface area contributed by atoms with Gasteiger partial charge in [0.05, 0.1) is 6.61 Å². The largest absolute Gasteiger partial charge is 0.395 e. The van der Waals surface area contributed by atoms with E-state index < -0.39 is 0 Å².